The fraction of sp³-hybridized carbons (Fsp3) is 0.574. The van der Waals surface area contributed by atoms with Crippen molar-refractivity contribution in [1.29, 1.82) is 0 Å². The Kier molecular flexibility index (Phi) is 19.6. The van der Waals surface area contributed by atoms with Crippen molar-refractivity contribution >= 4 is 58.8 Å². The monoisotopic (exact) mass is 1120 g/mol. The number of benzene rings is 2. The highest BCUT2D eigenvalue weighted by Gasteiger charge is 2.61. The van der Waals surface area contributed by atoms with Gasteiger partial charge in [0.1, 0.15) is 30.0 Å². The van der Waals surface area contributed by atoms with Crippen LogP contribution in [0.5, 0.6) is 0 Å². The number of phosphoric ester groups is 2. The number of azide groups is 1. The number of rotatable bonds is 15. The molecular formula is C47H66N8O12P2S4. The molecule has 10 atom stereocenters. The number of hydrogen-bond acceptors (Lipinski definition) is 20. The van der Waals surface area contributed by atoms with Gasteiger partial charge in [-0.15, -0.1) is 0 Å². The molecule has 0 bridgehead atoms. The molecule has 2 aromatic heterocycles. The Morgan fingerprint density at radius 1 is 0.740 bits per heavy atom. The van der Waals surface area contributed by atoms with E-state index >= 15 is 0 Å². The average Bonchev–Trinajstić information content (AvgIpc) is 3.72. The third-order valence-corrected chi connectivity index (χ3v) is 21.2. The summed E-state index contributed by atoms with van der Waals surface area (Å²) in [5, 5.41) is 3.91. The van der Waals surface area contributed by atoms with Crippen molar-refractivity contribution in [3.8, 4) is 0 Å². The number of nitrogens with two attached hydrogens (primary N) is 1. The zero-order chi connectivity index (χ0) is 52.3. The van der Waals surface area contributed by atoms with Crippen molar-refractivity contribution in [2.75, 3.05) is 26.4 Å². The van der Waals surface area contributed by atoms with Gasteiger partial charge in [0, 0.05) is 48.0 Å². The van der Waals surface area contributed by atoms with Gasteiger partial charge in [0.05, 0.1) is 32.0 Å². The first-order valence-corrected chi connectivity index (χ1v) is 30.3. The molecule has 4 fully saturated rings. The average molecular weight is 1130 g/mol. The summed E-state index contributed by atoms with van der Waals surface area (Å²) in [5.41, 5.74) is 15.5. The maximum atomic E-state index is 13.4. The van der Waals surface area contributed by atoms with Gasteiger partial charge in [0.25, 0.3) is 0 Å². The highest BCUT2D eigenvalue weighted by atomic mass is 33.1. The summed E-state index contributed by atoms with van der Waals surface area (Å²) < 4.78 is 75.4. The number of ether oxygens (including phenoxy) is 2. The molecule has 0 saturated carbocycles. The van der Waals surface area contributed by atoms with E-state index in [-0.39, 0.29) is 43.3 Å². The van der Waals surface area contributed by atoms with Crippen molar-refractivity contribution in [1.82, 2.24) is 19.1 Å². The van der Waals surface area contributed by atoms with Gasteiger partial charge < -0.3 is 15.2 Å². The zero-order valence-corrected chi connectivity index (χ0v) is 46.8. The van der Waals surface area contributed by atoms with Crippen LogP contribution < -0.4 is 17.1 Å². The largest absolute Gasteiger partial charge is 0.475 e. The summed E-state index contributed by atoms with van der Waals surface area (Å²) in [6.45, 7) is 19.8. The molecule has 4 aliphatic heterocycles. The highest BCUT2D eigenvalue weighted by Crippen LogP contribution is 2.60. The number of aromatic nitrogens is 4. The van der Waals surface area contributed by atoms with Crippen LogP contribution in [0.1, 0.15) is 97.8 Å². The molecule has 73 heavy (non-hydrogen) atoms. The molecule has 0 spiro atoms. The fourth-order valence-electron chi connectivity index (χ4n) is 7.95. The Labute approximate surface area is 442 Å². The Morgan fingerprint density at radius 3 is 1.62 bits per heavy atom. The normalized spacial score (nSPS) is 29.7. The molecule has 6 heterocycles. The minimum atomic E-state index is -4.00. The van der Waals surface area contributed by atoms with Crippen LogP contribution >= 0.6 is 58.8 Å². The van der Waals surface area contributed by atoms with Gasteiger partial charge in [0.15, 0.2) is 12.5 Å². The van der Waals surface area contributed by atoms with Crippen LogP contribution in [0.4, 0.5) is 0 Å². The molecule has 0 radical (unpaired) electrons. The number of phosphoric acid groups is 2. The Balaban J connectivity index is 0.000000235. The van der Waals surface area contributed by atoms with Gasteiger partial charge in [-0.05, 0) is 81.5 Å². The lowest BCUT2D eigenvalue weighted by Crippen LogP contribution is -2.55. The Bertz CT molecular complexity index is 2840. The molecule has 4 aromatic rings. The van der Waals surface area contributed by atoms with Crippen molar-refractivity contribution < 1.29 is 45.7 Å². The molecule has 2 N–H and O–H groups in total. The van der Waals surface area contributed by atoms with E-state index in [0.717, 1.165) is 20.9 Å². The molecule has 26 heteroatoms. The summed E-state index contributed by atoms with van der Waals surface area (Å²) in [4.78, 5) is 38.0. The minimum absolute atomic E-state index is 0. The summed E-state index contributed by atoms with van der Waals surface area (Å²) in [6, 6.07) is 19.4. The second kappa shape index (κ2) is 24.1. The summed E-state index contributed by atoms with van der Waals surface area (Å²) >= 11 is 0. The molecule has 4 saturated heterocycles. The smallest absolute Gasteiger partial charge is 0.349 e. The summed E-state index contributed by atoms with van der Waals surface area (Å²) in [6.07, 6.45) is -0.817. The Morgan fingerprint density at radius 2 is 1.16 bits per heavy atom. The van der Waals surface area contributed by atoms with E-state index in [2.05, 4.69) is 67.6 Å². The minimum Gasteiger partial charge on any atom is -0.349 e. The van der Waals surface area contributed by atoms with Crippen LogP contribution in [0, 0.1) is 13.8 Å². The topological polar surface area (TPSA) is 253 Å². The molecule has 2 aromatic carbocycles. The highest BCUT2D eigenvalue weighted by molar-refractivity contribution is 8.77. The van der Waals surface area contributed by atoms with E-state index in [1.165, 1.54) is 15.3 Å². The van der Waals surface area contributed by atoms with Crippen molar-refractivity contribution in [2.45, 2.75) is 157 Å². The molecule has 0 aliphatic carbocycles. The second-order valence-corrected chi connectivity index (χ2v) is 29.1. The number of fused-ring (bicyclic) bond motifs is 2. The van der Waals surface area contributed by atoms with Gasteiger partial charge in [-0.25, -0.2) is 18.7 Å². The lowest BCUT2D eigenvalue weighted by Gasteiger charge is -2.35. The van der Waals surface area contributed by atoms with E-state index in [0.29, 0.717) is 24.2 Å². The van der Waals surface area contributed by atoms with Crippen LogP contribution in [0.2, 0.25) is 0 Å². The number of nitrogens with zero attached hydrogens (tertiary/aromatic N) is 7. The summed E-state index contributed by atoms with van der Waals surface area (Å²) in [5.74, 6) is 0. The van der Waals surface area contributed by atoms with Crippen LogP contribution in [0.3, 0.4) is 0 Å². The third-order valence-electron chi connectivity index (χ3n) is 11.4. The first-order valence-electron chi connectivity index (χ1n) is 23.1. The predicted octanol–water partition coefficient (Wildman–Crippen LogP) is 11.0. The van der Waals surface area contributed by atoms with E-state index in [1.807, 2.05) is 42.5 Å². The van der Waals surface area contributed by atoms with Gasteiger partial charge in [0.2, 0.25) is 0 Å². The first-order chi connectivity index (χ1) is 33.8. The molecule has 400 valence electrons. The zero-order valence-electron chi connectivity index (χ0n) is 41.8. The molecular weight excluding hydrogens is 1060 g/mol. The van der Waals surface area contributed by atoms with E-state index < -0.39 is 75.0 Å². The number of hydrogen-bond donors (Lipinski definition) is 1. The quantitative estimate of drug-likeness (QED) is 0.0382. The summed E-state index contributed by atoms with van der Waals surface area (Å²) in [7, 11) is -0.909. The van der Waals surface area contributed by atoms with Gasteiger partial charge in [-0.2, -0.15) is 9.97 Å². The molecule has 4 aliphatic rings. The standard InChI is InChI=1S/C23H30N5O6PS2.C23H32N3O6PS2.CH4/c1-15-10-12-28(21(29)25-15)20-23(5,26-27-24)19-17(33-20)14-32-35(30,34-19)31-13-11-16-8-6-7-9-18(16)36-37-22(2,3)4;1-15-10-12-26(21(27)25-15)20-23(5,24)19-17(31-20)14-30-33(28,32-19)29-13-11-16-8-6-7-9-18(16)34-35-22(2,3)4;/h6-10,12,17,19-20H,11,13-14H2,1-5H3;6-10,12,17,19-20H,11,13-14,24H2,1-5H3;1H4/t17-,19-,20-,23-,35?;17-,19-,20-,23-,33?;/m11./s1. The van der Waals surface area contributed by atoms with Crippen molar-refractivity contribution in [3.05, 3.63) is 127 Å². The lowest BCUT2D eigenvalue weighted by atomic mass is 9.93. The van der Waals surface area contributed by atoms with Crippen LogP contribution in [-0.2, 0) is 58.6 Å². The van der Waals surface area contributed by atoms with Gasteiger partial charge >= 0.3 is 27.0 Å². The lowest BCUT2D eigenvalue weighted by molar-refractivity contribution is -0.0722. The molecule has 2 unspecified atom stereocenters. The molecule has 0 amide bonds. The van der Waals surface area contributed by atoms with E-state index in [4.69, 9.17) is 42.3 Å². The fourth-order valence-corrected chi connectivity index (χ4v) is 15.4. The predicted molar refractivity (Wildman–Crippen MR) is 287 cm³/mol. The van der Waals surface area contributed by atoms with E-state index in [9.17, 15) is 24.3 Å². The third kappa shape index (κ3) is 14.7. The van der Waals surface area contributed by atoms with E-state index in [1.54, 1.807) is 89.2 Å². The van der Waals surface area contributed by atoms with Crippen molar-refractivity contribution in [2.24, 2.45) is 10.8 Å². The first kappa shape index (κ1) is 59.3. The van der Waals surface area contributed by atoms with Crippen LogP contribution in [-0.4, -0.2) is 90.5 Å². The van der Waals surface area contributed by atoms with Crippen LogP contribution in [0.15, 0.2) is 97.6 Å². The Hall–Kier alpha value is -2.99. The van der Waals surface area contributed by atoms with Gasteiger partial charge in [-0.1, -0.05) is 134 Å². The van der Waals surface area contributed by atoms with Gasteiger partial charge in [-0.3, -0.25) is 36.3 Å². The van der Waals surface area contributed by atoms with Crippen LogP contribution in [0.25, 0.3) is 10.4 Å². The second-order valence-electron chi connectivity index (χ2n) is 19.8. The maximum absolute atomic E-state index is 13.4. The number of aryl methyl sites for hydroxylation is 2. The molecule has 20 nitrogen and oxygen atoms in total. The van der Waals surface area contributed by atoms with Crippen molar-refractivity contribution in [3.63, 3.8) is 0 Å². The molecule has 8 rings (SSSR count). The maximum Gasteiger partial charge on any atom is 0.475 e. The SMILES string of the molecule is C.Cc1ccn([C@@H]2O[C@@H]3COP(=O)(OCCc4ccccc4SSC(C)(C)C)O[C@H]3[C@@]2(C)N)c(=O)n1.Cc1ccn([C@@H]2O[C@@H]3COP(=O)(OCCc4ccccc4SSC(C)(C)C)O[C@H]3[C@@]2(C)N=[N+]=[N-])c(=O)n1.